The van der Waals surface area contributed by atoms with Crippen LogP contribution in [0.2, 0.25) is 0 Å². The van der Waals surface area contributed by atoms with Crippen LogP contribution in [0, 0.1) is 12.8 Å². The molecule has 1 fully saturated rings. The summed E-state index contributed by atoms with van der Waals surface area (Å²) in [6.07, 6.45) is 5.47. The zero-order valence-electron chi connectivity index (χ0n) is 22.9. The summed E-state index contributed by atoms with van der Waals surface area (Å²) >= 11 is 0. The summed E-state index contributed by atoms with van der Waals surface area (Å²) in [5.74, 6) is 1.27. The van der Waals surface area contributed by atoms with Gasteiger partial charge in [0.25, 0.3) is 0 Å². The summed E-state index contributed by atoms with van der Waals surface area (Å²) in [4.78, 5) is 28.3. The third-order valence-corrected chi connectivity index (χ3v) is 6.84. The Morgan fingerprint density at radius 1 is 1.05 bits per heavy atom. The van der Waals surface area contributed by atoms with Gasteiger partial charge >= 0.3 is 6.03 Å². The zero-order chi connectivity index (χ0) is 27.1. The van der Waals surface area contributed by atoms with E-state index in [9.17, 15) is 9.59 Å². The van der Waals surface area contributed by atoms with Crippen LogP contribution in [-0.2, 0) is 4.79 Å². The SMILES string of the molecule is COc1ccc(-n2nc(C)c(-c3ccccc3)c2NC(=O)CN(CC(C)C)C(=O)NC2CCCCC2)cc1. The van der Waals surface area contributed by atoms with E-state index in [1.807, 2.05) is 61.5 Å². The number of anilines is 1. The molecule has 1 heterocycles. The van der Waals surface area contributed by atoms with E-state index in [0.717, 1.165) is 53.9 Å². The Hall–Kier alpha value is -3.81. The maximum Gasteiger partial charge on any atom is 0.318 e. The second-order valence-corrected chi connectivity index (χ2v) is 10.4. The maximum atomic E-state index is 13.5. The van der Waals surface area contributed by atoms with Crippen LogP contribution < -0.4 is 15.4 Å². The number of amides is 3. The van der Waals surface area contributed by atoms with Crippen molar-refractivity contribution in [1.29, 1.82) is 0 Å². The second kappa shape index (κ2) is 12.6. The lowest BCUT2D eigenvalue weighted by Crippen LogP contribution is -2.49. The molecule has 8 heteroatoms. The van der Waals surface area contributed by atoms with Crippen molar-refractivity contribution in [2.75, 3.05) is 25.5 Å². The van der Waals surface area contributed by atoms with E-state index in [1.54, 1.807) is 16.7 Å². The van der Waals surface area contributed by atoms with Crippen molar-refractivity contribution in [3.63, 3.8) is 0 Å². The van der Waals surface area contributed by atoms with E-state index in [-0.39, 0.29) is 30.4 Å². The topological polar surface area (TPSA) is 88.5 Å². The summed E-state index contributed by atoms with van der Waals surface area (Å²) < 4.78 is 7.05. The van der Waals surface area contributed by atoms with E-state index in [0.29, 0.717) is 12.4 Å². The number of rotatable bonds is 9. The molecule has 1 aliphatic carbocycles. The molecule has 1 aromatic heterocycles. The molecular weight excluding hydrogens is 478 g/mol. The standard InChI is InChI=1S/C30H39N5O3/c1-21(2)19-34(30(37)31-24-13-9-6-10-14-24)20-27(36)32-29-28(23-11-7-5-8-12-23)22(3)33-35(29)25-15-17-26(38-4)18-16-25/h5,7-8,11-12,15-18,21,24H,6,9-10,13-14,19-20H2,1-4H3,(H,31,37)(H,32,36). The Labute approximate surface area is 225 Å². The highest BCUT2D eigenvalue weighted by atomic mass is 16.5. The Bertz CT molecular complexity index is 1210. The van der Waals surface area contributed by atoms with Crippen molar-refractivity contribution in [1.82, 2.24) is 20.0 Å². The zero-order valence-corrected chi connectivity index (χ0v) is 22.9. The van der Waals surface area contributed by atoms with Gasteiger partial charge in [-0.25, -0.2) is 9.48 Å². The van der Waals surface area contributed by atoms with Crippen molar-refractivity contribution >= 4 is 17.8 Å². The molecule has 1 saturated carbocycles. The van der Waals surface area contributed by atoms with E-state index in [4.69, 9.17) is 9.84 Å². The van der Waals surface area contributed by atoms with Gasteiger partial charge < -0.3 is 20.3 Å². The van der Waals surface area contributed by atoms with Crippen LogP contribution in [0.15, 0.2) is 54.6 Å². The minimum Gasteiger partial charge on any atom is -0.497 e. The molecule has 0 saturated heterocycles. The molecule has 0 atom stereocenters. The number of ether oxygens (including phenoxy) is 1. The Morgan fingerprint density at radius 3 is 2.37 bits per heavy atom. The minimum atomic E-state index is -0.267. The smallest absolute Gasteiger partial charge is 0.318 e. The van der Waals surface area contributed by atoms with Crippen molar-refractivity contribution in [3.8, 4) is 22.6 Å². The normalized spacial score (nSPS) is 13.8. The van der Waals surface area contributed by atoms with Gasteiger partial charge in [-0.2, -0.15) is 5.10 Å². The molecule has 0 spiro atoms. The van der Waals surface area contributed by atoms with E-state index >= 15 is 0 Å². The molecule has 3 aromatic rings. The average molecular weight is 518 g/mol. The fourth-order valence-corrected chi connectivity index (χ4v) is 5.02. The van der Waals surface area contributed by atoms with E-state index in [2.05, 4.69) is 24.5 Å². The van der Waals surface area contributed by atoms with Gasteiger partial charge in [-0.3, -0.25) is 4.79 Å². The molecule has 2 aromatic carbocycles. The largest absolute Gasteiger partial charge is 0.497 e. The summed E-state index contributed by atoms with van der Waals surface area (Å²) in [7, 11) is 1.62. The lowest BCUT2D eigenvalue weighted by Gasteiger charge is -2.29. The van der Waals surface area contributed by atoms with Gasteiger partial charge in [-0.05, 0) is 55.5 Å². The highest BCUT2D eigenvalue weighted by molar-refractivity contribution is 5.97. The molecule has 0 bridgehead atoms. The first-order chi connectivity index (χ1) is 18.4. The molecule has 1 aliphatic rings. The molecule has 0 unspecified atom stereocenters. The lowest BCUT2D eigenvalue weighted by atomic mass is 9.96. The van der Waals surface area contributed by atoms with Crippen molar-refractivity contribution < 1.29 is 14.3 Å². The number of aryl methyl sites for hydroxylation is 1. The number of aromatic nitrogens is 2. The predicted octanol–water partition coefficient (Wildman–Crippen LogP) is 5.80. The molecule has 202 valence electrons. The summed E-state index contributed by atoms with van der Waals surface area (Å²) in [5, 5.41) is 11.0. The Kier molecular flexibility index (Phi) is 9.05. The van der Waals surface area contributed by atoms with Gasteiger partial charge in [0.15, 0.2) is 0 Å². The molecule has 2 N–H and O–H groups in total. The predicted molar refractivity (Wildman–Crippen MR) is 151 cm³/mol. The Balaban J connectivity index is 1.61. The van der Waals surface area contributed by atoms with Gasteiger partial charge in [0.05, 0.1) is 18.5 Å². The number of benzene rings is 2. The molecule has 38 heavy (non-hydrogen) atoms. The van der Waals surface area contributed by atoms with Gasteiger partial charge in [-0.1, -0.05) is 63.4 Å². The van der Waals surface area contributed by atoms with Gasteiger partial charge in [0, 0.05) is 18.2 Å². The molecule has 0 radical (unpaired) electrons. The third kappa shape index (κ3) is 6.73. The number of urea groups is 1. The molecule has 0 aliphatic heterocycles. The number of hydrogen-bond donors (Lipinski definition) is 2. The van der Waals surface area contributed by atoms with Crippen molar-refractivity contribution in [2.24, 2.45) is 5.92 Å². The van der Waals surface area contributed by atoms with Gasteiger partial charge in [-0.15, -0.1) is 0 Å². The number of nitrogens with one attached hydrogen (secondary N) is 2. The van der Waals surface area contributed by atoms with Crippen LogP contribution in [-0.4, -0.2) is 52.9 Å². The van der Waals surface area contributed by atoms with Gasteiger partial charge in [0.1, 0.15) is 18.1 Å². The summed E-state index contributed by atoms with van der Waals surface area (Å²) in [6, 6.07) is 17.4. The van der Waals surface area contributed by atoms with Crippen LogP contribution in [0.4, 0.5) is 10.6 Å². The molecule has 3 amide bonds. The van der Waals surface area contributed by atoms with E-state index in [1.165, 1.54) is 6.42 Å². The van der Waals surface area contributed by atoms with Crippen LogP contribution in [0.5, 0.6) is 5.75 Å². The molecule has 8 nitrogen and oxygen atoms in total. The third-order valence-electron chi connectivity index (χ3n) is 6.84. The first-order valence-corrected chi connectivity index (χ1v) is 13.5. The first-order valence-electron chi connectivity index (χ1n) is 13.5. The van der Waals surface area contributed by atoms with Crippen LogP contribution >= 0.6 is 0 Å². The van der Waals surface area contributed by atoms with Gasteiger partial charge in [0.2, 0.25) is 5.91 Å². The molecular formula is C30H39N5O3. The average Bonchev–Trinajstić information content (AvgIpc) is 3.24. The number of hydrogen-bond acceptors (Lipinski definition) is 4. The lowest BCUT2D eigenvalue weighted by molar-refractivity contribution is -0.116. The Morgan fingerprint density at radius 2 is 1.74 bits per heavy atom. The number of methoxy groups -OCH3 is 1. The van der Waals surface area contributed by atoms with Crippen LogP contribution in [0.1, 0.15) is 51.6 Å². The van der Waals surface area contributed by atoms with Crippen LogP contribution in [0.25, 0.3) is 16.8 Å². The highest BCUT2D eigenvalue weighted by Gasteiger charge is 2.25. The fourth-order valence-electron chi connectivity index (χ4n) is 5.02. The first kappa shape index (κ1) is 27.2. The highest BCUT2D eigenvalue weighted by Crippen LogP contribution is 2.33. The van der Waals surface area contributed by atoms with Crippen molar-refractivity contribution in [3.05, 3.63) is 60.3 Å². The van der Waals surface area contributed by atoms with Crippen molar-refractivity contribution in [2.45, 2.75) is 58.9 Å². The van der Waals surface area contributed by atoms with E-state index < -0.39 is 0 Å². The molecule has 4 rings (SSSR count). The number of carbonyl (C=O) groups is 2. The number of nitrogens with zero attached hydrogens (tertiary/aromatic N) is 3. The second-order valence-electron chi connectivity index (χ2n) is 10.4. The quantitative estimate of drug-likeness (QED) is 0.376. The summed E-state index contributed by atoms with van der Waals surface area (Å²) in [6.45, 7) is 6.48. The van der Waals surface area contributed by atoms with Crippen LogP contribution in [0.3, 0.4) is 0 Å². The minimum absolute atomic E-state index is 0.0438. The summed E-state index contributed by atoms with van der Waals surface area (Å²) in [5.41, 5.74) is 3.38. The monoisotopic (exact) mass is 517 g/mol. The number of carbonyl (C=O) groups excluding carboxylic acids is 2. The fraction of sp³-hybridized carbons (Fsp3) is 0.433. The maximum absolute atomic E-state index is 13.5.